The number of ether oxygens (including phenoxy) is 1. The van der Waals surface area contributed by atoms with Gasteiger partial charge in [0.15, 0.2) is 0 Å². The Kier molecular flexibility index (Phi) is 5.26. The van der Waals surface area contributed by atoms with E-state index in [0.29, 0.717) is 17.9 Å². The van der Waals surface area contributed by atoms with Crippen LogP contribution in [0, 0.1) is 11.8 Å². The van der Waals surface area contributed by atoms with Crippen molar-refractivity contribution in [1.82, 2.24) is 5.32 Å². The van der Waals surface area contributed by atoms with Crippen molar-refractivity contribution in [3.63, 3.8) is 0 Å². The summed E-state index contributed by atoms with van der Waals surface area (Å²) in [6.45, 7) is 8.82. The minimum absolute atomic E-state index is 0.568. The molecule has 1 aliphatic heterocycles. The van der Waals surface area contributed by atoms with Gasteiger partial charge in [0.2, 0.25) is 0 Å². The van der Waals surface area contributed by atoms with Crippen molar-refractivity contribution in [3.05, 3.63) is 29.8 Å². The molecule has 0 saturated carbocycles. The molecule has 2 nitrogen and oxygen atoms in total. The molecular weight excluding hydrogens is 234 g/mol. The Balaban J connectivity index is 2.07. The molecule has 3 atom stereocenters. The van der Waals surface area contributed by atoms with Crippen molar-refractivity contribution in [2.24, 2.45) is 11.8 Å². The average Bonchev–Trinajstić information content (AvgIpc) is 2.47. The molecule has 0 fully saturated rings. The zero-order valence-corrected chi connectivity index (χ0v) is 12.5. The fourth-order valence-electron chi connectivity index (χ4n) is 2.98. The maximum Gasteiger partial charge on any atom is 0.122 e. The molecule has 0 aromatic heterocycles. The number of fused-ring (bicyclic) bond motifs is 1. The molecule has 1 aliphatic rings. The number of para-hydroxylation sites is 1. The third kappa shape index (κ3) is 3.50. The lowest BCUT2D eigenvalue weighted by Gasteiger charge is -2.35. The highest BCUT2D eigenvalue weighted by Crippen LogP contribution is 2.30. The van der Waals surface area contributed by atoms with Gasteiger partial charge in [-0.15, -0.1) is 0 Å². The minimum Gasteiger partial charge on any atom is -0.493 e. The Bertz CT molecular complexity index is 391. The maximum atomic E-state index is 5.95. The highest BCUT2D eigenvalue weighted by Gasteiger charge is 2.29. The second-order valence-electron chi connectivity index (χ2n) is 5.75. The zero-order valence-electron chi connectivity index (χ0n) is 12.5. The van der Waals surface area contributed by atoms with Crippen molar-refractivity contribution in [2.75, 3.05) is 13.2 Å². The van der Waals surface area contributed by atoms with Crippen LogP contribution in [0.5, 0.6) is 5.75 Å². The van der Waals surface area contributed by atoms with Gasteiger partial charge in [-0.1, -0.05) is 45.4 Å². The second kappa shape index (κ2) is 6.95. The molecule has 2 heteroatoms. The summed E-state index contributed by atoms with van der Waals surface area (Å²) in [4.78, 5) is 0. The fourth-order valence-corrected chi connectivity index (χ4v) is 2.98. The van der Waals surface area contributed by atoms with Gasteiger partial charge in [0.25, 0.3) is 0 Å². The summed E-state index contributed by atoms with van der Waals surface area (Å²) in [5.41, 5.74) is 1.37. The molecule has 0 spiro atoms. The molecule has 0 radical (unpaired) electrons. The standard InChI is InChI=1S/C17H27NO/c1-4-10-18-17(13(3)5-2)15-11-14-8-6-7-9-16(14)19-12-15/h6-9,13,15,17-18H,4-5,10-12H2,1-3H3. The molecule has 106 valence electrons. The predicted octanol–water partition coefficient (Wildman–Crippen LogP) is 3.65. The topological polar surface area (TPSA) is 21.3 Å². The van der Waals surface area contributed by atoms with Crippen LogP contribution < -0.4 is 10.1 Å². The maximum absolute atomic E-state index is 5.95. The SMILES string of the molecule is CCCNC(C(C)CC)C1COc2ccccc2C1. The molecule has 1 N–H and O–H groups in total. The molecule has 1 heterocycles. The van der Waals surface area contributed by atoms with Gasteiger partial charge >= 0.3 is 0 Å². The molecule has 0 amide bonds. The van der Waals surface area contributed by atoms with E-state index < -0.39 is 0 Å². The third-order valence-corrected chi connectivity index (χ3v) is 4.30. The van der Waals surface area contributed by atoms with E-state index in [9.17, 15) is 0 Å². The van der Waals surface area contributed by atoms with E-state index in [4.69, 9.17) is 4.74 Å². The normalized spacial score (nSPS) is 21.3. The summed E-state index contributed by atoms with van der Waals surface area (Å²) in [6, 6.07) is 9.03. The number of nitrogens with one attached hydrogen (secondary N) is 1. The first-order chi connectivity index (χ1) is 9.26. The van der Waals surface area contributed by atoms with Crippen LogP contribution in [-0.4, -0.2) is 19.2 Å². The van der Waals surface area contributed by atoms with E-state index in [2.05, 4.69) is 50.4 Å². The first kappa shape index (κ1) is 14.4. The Morgan fingerprint density at radius 3 is 2.84 bits per heavy atom. The second-order valence-corrected chi connectivity index (χ2v) is 5.75. The number of benzene rings is 1. The van der Waals surface area contributed by atoms with Crippen LogP contribution in [0.4, 0.5) is 0 Å². The van der Waals surface area contributed by atoms with Gasteiger partial charge in [0.1, 0.15) is 5.75 Å². The Labute approximate surface area is 117 Å². The Morgan fingerprint density at radius 1 is 1.32 bits per heavy atom. The van der Waals surface area contributed by atoms with E-state index in [1.165, 1.54) is 18.4 Å². The summed E-state index contributed by atoms with van der Waals surface area (Å²) >= 11 is 0. The first-order valence-electron chi connectivity index (χ1n) is 7.70. The Morgan fingerprint density at radius 2 is 2.11 bits per heavy atom. The van der Waals surface area contributed by atoms with Gasteiger partial charge in [0.05, 0.1) is 6.61 Å². The van der Waals surface area contributed by atoms with Crippen molar-refractivity contribution in [3.8, 4) is 5.75 Å². The van der Waals surface area contributed by atoms with Gasteiger partial charge in [-0.25, -0.2) is 0 Å². The van der Waals surface area contributed by atoms with Gasteiger partial charge in [-0.3, -0.25) is 0 Å². The van der Waals surface area contributed by atoms with Gasteiger partial charge in [0, 0.05) is 12.0 Å². The first-order valence-corrected chi connectivity index (χ1v) is 7.70. The highest BCUT2D eigenvalue weighted by molar-refractivity contribution is 5.35. The smallest absolute Gasteiger partial charge is 0.122 e. The van der Waals surface area contributed by atoms with Crippen LogP contribution in [0.15, 0.2) is 24.3 Å². The molecule has 1 aromatic carbocycles. The van der Waals surface area contributed by atoms with Crippen LogP contribution in [0.3, 0.4) is 0 Å². The van der Waals surface area contributed by atoms with Gasteiger partial charge in [-0.2, -0.15) is 0 Å². The van der Waals surface area contributed by atoms with Crippen molar-refractivity contribution >= 4 is 0 Å². The molecule has 0 aliphatic carbocycles. The zero-order chi connectivity index (χ0) is 13.7. The van der Waals surface area contributed by atoms with Crippen molar-refractivity contribution in [1.29, 1.82) is 0 Å². The molecule has 2 rings (SSSR count). The quantitative estimate of drug-likeness (QED) is 0.844. The molecule has 1 aromatic rings. The highest BCUT2D eigenvalue weighted by atomic mass is 16.5. The van der Waals surface area contributed by atoms with E-state index in [1.54, 1.807) is 0 Å². The van der Waals surface area contributed by atoms with Crippen LogP contribution >= 0.6 is 0 Å². The lowest BCUT2D eigenvalue weighted by atomic mass is 9.83. The molecule has 3 unspecified atom stereocenters. The van der Waals surface area contributed by atoms with E-state index in [0.717, 1.165) is 25.3 Å². The summed E-state index contributed by atoms with van der Waals surface area (Å²) in [7, 11) is 0. The van der Waals surface area contributed by atoms with Crippen LogP contribution in [0.2, 0.25) is 0 Å². The fraction of sp³-hybridized carbons (Fsp3) is 0.647. The molecular formula is C17H27NO. The molecule has 19 heavy (non-hydrogen) atoms. The van der Waals surface area contributed by atoms with Crippen LogP contribution in [0.1, 0.15) is 39.2 Å². The summed E-state index contributed by atoms with van der Waals surface area (Å²) < 4.78 is 5.95. The average molecular weight is 261 g/mol. The lowest BCUT2D eigenvalue weighted by molar-refractivity contribution is 0.155. The van der Waals surface area contributed by atoms with E-state index in [1.807, 2.05) is 0 Å². The predicted molar refractivity (Wildman–Crippen MR) is 80.7 cm³/mol. The van der Waals surface area contributed by atoms with Crippen LogP contribution in [0.25, 0.3) is 0 Å². The minimum atomic E-state index is 0.568. The van der Waals surface area contributed by atoms with E-state index in [-0.39, 0.29) is 0 Å². The largest absolute Gasteiger partial charge is 0.493 e. The van der Waals surface area contributed by atoms with Crippen molar-refractivity contribution < 1.29 is 4.74 Å². The Hall–Kier alpha value is -1.02. The monoisotopic (exact) mass is 261 g/mol. The number of hydrogen-bond acceptors (Lipinski definition) is 2. The van der Waals surface area contributed by atoms with Gasteiger partial charge in [-0.05, 0) is 36.9 Å². The van der Waals surface area contributed by atoms with Gasteiger partial charge < -0.3 is 10.1 Å². The lowest BCUT2D eigenvalue weighted by Crippen LogP contribution is -2.46. The summed E-state index contributed by atoms with van der Waals surface area (Å²) in [5, 5.41) is 3.74. The van der Waals surface area contributed by atoms with Crippen LogP contribution in [-0.2, 0) is 6.42 Å². The number of hydrogen-bond donors (Lipinski definition) is 1. The molecule has 0 bridgehead atoms. The summed E-state index contributed by atoms with van der Waals surface area (Å²) in [5.74, 6) is 2.37. The molecule has 0 saturated heterocycles. The third-order valence-electron chi connectivity index (χ3n) is 4.30. The summed E-state index contributed by atoms with van der Waals surface area (Å²) in [6.07, 6.45) is 3.55. The van der Waals surface area contributed by atoms with Crippen molar-refractivity contribution in [2.45, 2.75) is 46.1 Å². The number of rotatable bonds is 6. The van der Waals surface area contributed by atoms with E-state index >= 15 is 0 Å².